The van der Waals surface area contributed by atoms with Gasteiger partial charge in [-0.1, -0.05) is 11.8 Å². The summed E-state index contributed by atoms with van der Waals surface area (Å²) < 4.78 is 10.5. The van der Waals surface area contributed by atoms with Crippen LogP contribution in [0.2, 0.25) is 0 Å². The highest BCUT2D eigenvalue weighted by molar-refractivity contribution is 7.99. The van der Waals surface area contributed by atoms with Crippen LogP contribution in [0.15, 0.2) is 9.64 Å². The third-order valence-electron chi connectivity index (χ3n) is 2.28. The summed E-state index contributed by atoms with van der Waals surface area (Å²) in [6.45, 7) is 1.73. The second-order valence-corrected chi connectivity index (χ2v) is 4.53. The maximum Gasteiger partial charge on any atom is 0.332 e. The van der Waals surface area contributed by atoms with Gasteiger partial charge in [-0.05, 0) is 12.8 Å². The Balaban J connectivity index is 1.77. The zero-order valence-electron chi connectivity index (χ0n) is 8.75. The second kappa shape index (κ2) is 4.84. The smallest absolute Gasteiger partial charge is 0.332 e. The molecular weight excluding hydrogens is 232 g/mol. The molecule has 7 heteroatoms. The molecule has 1 fully saturated rings. The highest BCUT2D eigenvalue weighted by atomic mass is 32.2. The third-order valence-corrected chi connectivity index (χ3v) is 3.23. The first kappa shape index (κ1) is 11.4. The van der Waals surface area contributed by atoms with Crippen molar-refractivity contribution in [3.05, 3.63) is 5.89 Å². The van der Waals surface area contributed by atoms with Gasteiger partial charge < -0.3 is 14.3 Å². The Morgan fingerprint density at radius 1 is 1.56 bits per heavy atom. The molecule has 2 unspecified atom stereocenters. The van der Waals surface area contributed by atoms with E-state index in [0.717, 1.165) is 6.42 Å². The number of nitrogens with zero attached hydrogens (tertiary/aromatic N) is 2. The molecule has 2 heterocycles. The van der Waals surface area contributed by atoms with Crippen molar-refractivity contribution in [1.29, 1.82) is 0 Å². The number of aryl methyl sites for hydroxylation is 1. The van der Waals surface area contributed by atoms with Crippen molar-refractivity contribution in [2.45, 2.75) is 37.2 Å². The number of hydrogen-bond donors (Lipinski definition) is 1. The molecule has 1 aromatic heterocycles. The lowest BCUT2D eigenvalue weighted by Crippen LogP contribution is -2.21. The van der Waals surface area contributed by atoms with Crippen LogP contribution >= 0.6 is 11.8 Å². The quantitative estimate of drug-likeness (QED) is 0.794. The highest BCUT2D eigenvalue weighted by Crippen LogP contribution is 2.26. The predicted octanol–water partition coefficient (Wildman–Crippen LogP) is 1.10. The van der Waals surface area contributed by atoms with Gasteiger partial charge in [-0.15, -0.1) is 10.2 Å². The largest absolute Gasteiger partial charge is 0.479 e. The van der Waals surface area contributed by atoms with Crippen molar-refractivity contribution in [2.75, 3.05) is 5.75 Å². The normalized spacial score (nSPS) is 24.8. The van der Waals surface area contributed by atoms with Crippen LogP contribution in [-0.4, -0.2) is 39.2 Å². The number of carbonyl (C=O) groups is 1. The molecule has 16 heavy (non-hydrogen) atoms. The van der Waals surface area contributed by atoms with Gasteiger partial charge in [-0.2, -0.15) is 0 Å². The van der Waals surface area contributed by atoms with E-state index in [4.69, 9.17) is 14.3 Å². The molecule has 0 amide bonds. The van der Waals surface area contributed by atoms with Crippen LogP contribution in [0.1, 0.15) is 18.7 Å². The Kier molecular flexibility index (Phi) is 3.45. The molecule has 6 nitrogen and oxygen atoms in total. The van der Waals surface area contributed by atoms with E-state index in [9.17, 15) is 4.79 Å². The van der Waals surface area contributed by atoms with Crippen molar-refractivity contribution in [1.82, 2.24) is 10.2 Å². The van der Waals surface area contributed by atoms with Crippen molar-refractivity contribution < 1.29 is 19.1 Å². The number of hydrogen-bond acceptors (Lipinski definition) is 6. The van der Waals surface area contributed by atoms with Gasteiger partial charge in [0.25, 0.3) is 5.22 Å². The SMILES string of the molecule is Cc1nnc(SCC2CCC(C(=O)O)O2)o1. The van der Waals surface area contributed by atoms with E-state index >= 15 is 0 Å². The fourth-order valence-electron chi connectivity index (χ4n) is 1.51. The predicted molar refractivity (Wildman–Crippen MR) is 55.3 cm³/mol. The Labute approximate surface area is 96.4 Å². The molecular formula is C9H12N2O4S. The summed E-state index contributed by atoms with van der Waals surface area (Å²) in [4.78, 5) is 10.7. The minimum absolute atomic E-state index is 0.0432. The van der Waals surface area contributed by atoms with Gasteiger partial charge in [0.2, 0.25) is 5.89 Å². The molecule has 1 aliphatic heterocycles. The van der Waals surface area contributed by atoms with Crippen LogP contribution in [0.3, 0.4) is 0 Å². The number of carboxylic acid groups (broad SMARTS) is 1. The summed E-state index contributed by atoms with van der Waals surface area (Å²) in [5.74, 6) is 0.283. The minimum atomic E-state index is -0.888. The van der Waals surface area contributed by atoms with Gasteiger partial charge >= 0.3 is 5.97 Å². The highest BCUT2D eigenvalue weighted by Gasteiger charge is 2.30. The maximum atomic E-state index is 10.7. The van der Waals surface area contributed by atoms with E-state index in [-0.39, 0.29) is 6.10 Å². The third kappa shape index (κ3) is 2.73. The first-order valence-corrected chi connectivity index (χ1v) is 5.95. The summed E-state index contributed by atoms with van der Waals surface area (Å²) in [6.07, 6.45) is 0.633. The van der Waals surface area contributed by atoms with Crippen LogP contribution in [0.4, 0.5) is 0 Å². The van der Waals surface area contributed by atoms with Crippen molar-refractivity contribution in [3.8, 4) is 0 Å². The van der Waals surface area contributed by atoms with Gasteiger partial charge in [-0.25, -0.2) is 4.79 Å². The molecule has 0 aliphatic carbocycles. The van der Waals surface area contributed by atoms with Crippen molar-refractivity contribution in [2.24, 2.45) is 0 Å². The van der Waals surface area contributed by atoms with Crippen molar-refractivity contribution in [3.63, 3.8) is 0 Å². The molecule has 0 radical (unpaired) electrons. The van der Waals surface area contributed by atoms with E-state index in [1.807, 2.05) is 0 Å². The van der Waals surface area contributed by atoms with E-state index in [2.05, 4.69) is 10.2 Å². The molecule has 2 atom stereocenters. The number of carboxylic acids is 1. The minimum Gasteiger partial charge on any atom is -0.479 e. The maximum absolute atomic E-state index is 10.7. The molecule has 0 saturated carbocycles. The topological polar surface area (TPSA) is 85.5 Å². The van der Waals surface area contributed by atoms with Crippen molar-refractivity contribution >= 4 is 17.7 Å². The average molecular weight is 244 g/mol. The Bertz CT molecular complexity index is 381. The molecule has 88 valence electrons. The average Bonchev–Trinajstić information content (AvgIpc) is 2.83. The summed E-state index contributed by atoms with van der Waals surface area (Å²) in [5.41, 5.74) is 0. The Morgan fingerprint density at radius 2 is 2.38 bits per heavy atom. The fraction of sp³-hybridized carbons (Fsp3) is 0.667. The lowest BCUT2D eigenvalue weighted by molar-refractivity contribution is -0.148. The fourth-order valence-corrected chi connectivity index (χ4v) is 2.36. The van der Waals surface area contributed by atoms with Crippen LogP contribution in [0.25, 0.3) is 0 Å². The van der Waals surface area contributed by atoms with E-state index in [1.54, 1.807) is 6.92 Å². The number of aliphatic carboxylic acids is 1. The van der Waals surface area contributed by atoms with Crippen LogP contribution in [0, 0.1) is 6.92 Å². The summed E-state index contributed by atoms with van der Waals surface area (Å²) in [7, 11) is 0. The van der Waals surface area contributed by atoms with Crippen LogP contribution < -0.4 is 0 Å². The zero-order chi connectivity index (χ0) is 11.5. The molecule has 2 rings (SSSR count). The number of ether oxygens (including phenoxy) is 1. The Hall–Kier alpha value is -1.08. The molecule has 1 aliphatic rings. The lowest BCUT2D eigenvalue weighted by atomic mass is 10.2. The molecule has 0 aromatic carbocycles. The van der Waals surface area contributed by atoms with Gasteiger partial charge in [0.1, 0.15) is 0 Å². The second-order valence-electron chi connectivity index (χ2n) is 3.56. The monoisotopic (exact) mass is 244 g/mol. The van der Waals surface area contributed by atoms with Gasteiger partial charge in [-0.3, -0.25) is 0 Å². The summed E-state index contributed by atoms with van der Waals surface area (Å²) >= 11 is 1.39. The molecule has 1 saturated heterocycles. The summed E-state index contributed by atoms with van der Waals surface area (Å²) in [5, 5.41) is 16.8. The zero-order valence-corrected chi connectivity index (χ0v) is 9.57. The first-order valence-electron chi connectivity index (χ1n) is 4.96. The van der Waals surface area contributed by atoms with Crippen LogP contribution in [-0.2, 0) is 9.53 Å². The standard InChI is InChI=1S/C9H12N2O4S/c1-5-10-11-9(14-5)16-4-6-2-3-7(15-6)8(12)13/h6-7H,2-4H2,1H3,(H,12,13). The summed E-state index contributed by atoms with van der Waals surface area (Å²) in [6, 6.07) is 0. The van der Waals surface area contributed by atoms with E-state index < -0.39 is 12.1 Å². The molecule has 1 N–H and O–H groups in total. The molecule has 1 aromatic rings. The molecule has 0 spiro atoms. The van der Waals surface area contributed by atoms with Gasteiger partial charge in [0.15, 0.2) is 6.10 Å². The van der Waals surface area contributed by atoms with E-state index in [1.165, 1.54) is 11.8 Å². The first-order chi connectivity index (χ1) is 7.65. The lowest BCUT2D eigenvalue weighted by Gasteiger charge is -2.08. The van der Waals surface area contributed by atoms with E-state index in [0.29, 0.717) is 23.3 Å². The number of rotatable bonds is 4. The number of aromatic nitrogens is 2. The van der Waals surface area contributed by atoms with Gasteiger partial charge in [0, 0.05) is 12.7 Å². The number of thioether (sulfide) groups is 1. The Morgan fingerprint density at radius 3 is 2.94 bits per heavy atom. The van der Waals surface area contributed by atoms with Crippen LogP contribution in [0.5, 0.6) is 0 Å². The molecule has 0 bridgehead atoms. The van der Waals surface area contributed by atoms with Gasteiger partial charge in [0.05, 0.1) is 6.10 Å².